The van der Waals surface area contributed by atoms with Crippen LogP contribution in [-0.4, -0.2) is 49.3 Å². The highest BCUT2D eigenvalue weighted by Crippen LogP contribution is 2.62. The third-order valence-corrected chi connectivity index (χ3v) is 26.3. The molecular formula is C38H74P2S10. The van der Waals surface area contributed by atoms with Crippen LogP contribution in [0.4, 0.5) is 0 Å². The second-order valence-corrected chi connectivity index (χ2v) is 31.6. The summed E-state index contributed by atoms with van der Waals surface area (Å²) in [7, 11) is -1.12. The third kappa shape index (κ3) is 28.0. The molecule has 296 valence electrons. The second kappa shape index (κ2) is 35.9. The van der Waals surface area contributed by atoms with Crippen LogP contribution in [0.3, 0.4) is 0 Å². The minimum absolute atomic E-state index is 0.562. The van der Waals surface area contributed by atoms with Crippen LogP contribution >= 0.6 is 110 Å². The molecule has 0 saturated heterocycles. The van der Waals surface area contributed by atoms with Crippen molar-refractivity contribution in [1.82, 2.24) is 0 Å². The molecule has 0 fully saturated rings. The Morgan fingerprint density at radius 3 is 0.680 bits per heavy atom. The standard InChI is InChI=1S/2C16H36P.2C3H2S5/c2*1-5-9-13-17(14-10-6-2,15-11-7-3)16-12-8-4;2*4-1-2(5)8-3(6)7-1/h2*5-16H2,1-4H3;2*4-5H/q2*+1;;/p-2. The van der Waals surface area contributed by atoms with Gasteiger partial charge in [-0.3, -0.25) is 0 Å². The van der Waals surface area contributed by atoms with Gasteiger partial charge in [0.05, 0.1) is 57.7 Å². The van der Waals surface area contributed by atoms with Gasteiger partial charge in [0.1, 0.15) is 3.14 Å². The maximum absolute atomic E-state index is 4.86. The van der Waals surface area contributed by atoms with E-state index in [0.29, 0.717) is 0 Å². The van der Waals surface area contributed by atoms with Crippen LogP contribution in [0.15, 0.2) is 16.8 Å². The van der Waals surface area contributed by atoms with E-state index in [1.165, 1.54) is 148 Å². The van der Waals surface area contributed by atoms with Gasteiger partial charge in [0, 0.05) is 14.5 Å². The van der Waals surface area contributed by atoms with Crippen LogP contribution in [0.1, 0.15) is 158 Å². The number of rotatable bonds is 24. The third-order valence-electron chi connectivity index (χ3n) is 8.95. The summed E-state index contributed by atoms with van der Waals surface area (Å²) < 4.78 is 5.08. The van der Waals surface area contributed by atoms with Crippen LogP contribution in [-0.2, 0) is 25.3 Å². The lowest BCUT2D eigenvalue weighted by atomic mass is 10.4. The zero-order valence-electron chi connectivity index (χ0n) is 33.0. The Kier molecular flexibility index (Phi) is 39.3. The van der Waals surface area contributed by atoms with Crippen molar-refractivity contribution in [3.63, 3.8) is 0 Å². The molecule has 2 aromatic rings. The number of hydrogen-bond donors (Lipinski definition) is 2. The van der Waals surface area contributed by atoms with Gasteiger partial charge in [-0.2, -0.15) is 0 Å². The van der Waals surface area contributed by atoms with Gasteiger partial charge >= 0.3 is 0 Å². The molecule has 0 bridgehead atoms. The molecule has 0 atom stereocenters. The Balaban J connectivity index is 0. The topological polar surface area (TPSA) is 0 Å². The van der Waals surface area contributed by atoms with Crippen molar-refractivity contribution in [2.75, 3.05) is 49.3 Å². The second-order valence-electron chi connectivity index (χ2n) is 13.4. The summed E-state index contributed by atoms with van der Waals surface area (Å²) in [5.41, 5.74) is 0. The summed E-state index contributed by atoms with van der Waals surface area (Å²) >= 11 is 33.4. The summed E-state index contributed by atoms with van der Waals surface area (Å²) in [6.45, 7) is 18.8. The monoisotopic (exact) mass is 912 g/mol. The smallest absolute Gasteiger partial charge is 0.145 e. The van der Waals surface area contributed by atoms with Crippen LogP contribution in [0.2, 0.25) is 0 Å². The molecule has 2 rings (SSSR count). The van der Waals surface area contributed by atoms with Gasteiger partial charge in [-0.1, -0.05) is 119 Å². The van der Waals surface area contributed by atoms with Gasteiger partial charge in [0.2, 0.25) is 0 Å². The van der Waals surface area contributed by atoms with E-state index < -0.39 is 14.5 Å². The minimum Gasteiger partial charge on any atom is -0.429 e. The number of hydrogen-bond acceptors (Lipinski definition) is 10. The predicted molar refractivity (Wildman–Crippen MR) is 264 cm³/mol. The molecule has 2 aromatic heterocycles. The largest absolute Gasteiger partial charge is 0.429 e. The fourth-order valence-corrected chi connectivity index (χ4v) is 23.1. The minimum atomic E-state index is -0.562. The van der Waals surface area contributed by atoms with Crippen molar-refractivity contribution in [2.24, 2.45) is 0 Å². The number of unbranched alkanes of at least 4 members (excludes halogenated alkanes) is 8. The molecule has 0 aliphatic rings. The van der Waals surface area contributed by atoms with E-state index in [-0.39, 0.29) is 0 Å². The Morgan fingerprint density at radius 2 is 0.580 bits per heavy atom. The van der Waals surface area contributed by atoms with Crippen molar-refractivity contribution in [3.05, 3.63) is 6.28 Å². The lowest BCUT2D eigenvalue weighted by Gasteiger charge is -2.28. The molecule has 0 radical (unpaired) electrons. The SMILES string of the molecule is CCCC[P+](CCCC)(CCCC)CCCC.CCCC[P+](CCCC)(CCCC)CCCC.S=c1sc(S)c(S)s1.S=c1sc([S-])c([S-])s1. The molecule has 0 amide bonds. The molecular weight excluding hydrogens is 839 g/mol. The first-order valence-electron chi connectivity index (χ1n) is 19.6. The molecule has 0 spiro atoms. The average Bonchev–Trinajstić information content (AvgIpc) is 3.57. The van der Waals surface area contributed by atoms with Gasteiger partial charge in [0.25, 0.3) is 0 Å². The number of thiol groups is 2. The highest BCUT2D eigenvalue weighted by molar-refractivity contribution is 7.88. The summed E-state index contributed by atoms with van der Waals surface area (Å²) in [4.78, 5) is 0. The van der Waals surface area contributed by atoms with Gasteiger partial charge < -0.3 is 47.9 Å². The molecule has 12 heteroatoms. The zero-order valence-corrected chi connectivity index (χ0v) is 43.1. The first-order chi connectivity index (χ1) is 23.9. The fraction of sp³-hybridized carbons (Fsp3) is 0.842. The van der Waals surface area contributed by atoms with E-state index in [4.69, 9.17) is 49.7 Å². The molecule has 0 unspecified atom stereocenters. The lowest BCUT2D eigenvalue weighted by molar-refractivity contribution is 0.814. The summed E-state index contributed by atoms with van der Waals surface area (Å²) in [5.74, 6) is 0. The molecule has 0 aromatic carbocycles. The van der Waals surface area contributed by atoms with Gasteiger partial charge in [-0.25, -0.2) is 0 Å². The summed E-state index contributed by atoms with van der Waals surface area (Å²) in [6, 6.07) is 0. The van der Waals surface area contributed by atoms with E-state index in [2.05, 4.69) is 80.6 Å². The van der Waals surface area contributed by atoms with E-state index in [9.17, 15) is 0 Å². The Labute approximate surface area is 361 Å². The van der Waals surface area contributed by atoms with Gasteiger partial charge in [-0.05, 0) is 54.5 Å². The maximum atomic E-state index is 4.86. The Morgan fingerprint density at radius 1 is 0.400 bits per heavy atom. The molecule has 0 aliphatic heterocycles. The quantitative estimate of drug-likeness (QED) is 0.0466. The molecule has 50 heavy (non-hydrogen) atoms. The lowest BCUT2D eigenvalue weighted by Crippen LogP contribution is -2.12. The zero-order chi connectivity index (χ0) is 38.3. The maximum Gasteiger partial charge on any atom is 0.145 e. The predicted octanol–water partition coefficient (Wildman–Crippen LogP) is 17.9. The van der Waals surface area contributed by atoms with Gasteiger partial charge in [0.15, 0.2) is 0 Å². The van der Waals surface area contributed by atoms with Crippen LogP contribution < -0.4 is 0 Å². The van der Waals surface area contributed by atoms with E-state index in [1.54, 1.807) is 49.3 Å². The van der Waals surface area contributed by atoms with E-state index in [0.717, 1.165) is 23.1 Å². The van der Waals surface area contributed by atoms with Crippen LogP contribution in [0, 0.1) is 6.28 Å². The van der Waals surface area contributed by atoms with Crippen molar-refractivity contribution < 1.29 is 0 Å². The molecule has 0 aliphatic carbocycles. The van der Waals surface area contributed by atoms with Crippen LogP contribution in [0.25, 0.3) is 0 Å². The Bertz CT molecular complexity index is 929. The Hall–Kier alpha value is 2.54. The van der Waals surface area contributed by atoms with Crippen LogP contribution in [0.5, 0.6) is 0 Å². The normalized spacial score (nSPS) is 11.2. The highest BCUT2D eigenvalue weighted by Gasteiger charge is 2.35. The average molecular weight is 914 g/mol. The summed E-state index contributed by atoms with van der Waals surface area (Å²) in [6.07, 6.45) is 35.9. The molecule has 2 heterocycles. The highest BCUT2D eigenvalue weighted by atomic mass is 32.2. The molecule has 0 saturated carbocycles. The van der Waals surface area contributed by atoms with Gasteiger partial charge in [-0.15, -0.1) is 68.6 Å². The van der Waals surface area contributed by atoms with Crippen molar-refractivity contribution in [2.45, 2.75) is 175 Å². The molecule has 0 N–H and O–H groups in total. The fourth-order valence-electron chi connectivity index (χ4n) is 5.81. The first kappa shape index (κ1) is 54.6. The summed E-state index contributed by atoms with van der Waals surface area (Å²) in [5, 5.41) is 0. The molecule has 0 nitrogen and oxygen atoms in total. The van der Waals surface area contributed by atoms with Crippen molar-refractivity contribution in [3.8, 4) is 0 Å². The van der Waals surface area contributed by atoms with Crippen molar-refractivity contribution in [1.29, 1.82) is 0 Å². The van der Waals surface area contributed by atoms with Crippen molar-refractivity contribution >= 4 is 135 Å². The van der Waals surface area contributed by atoms with E-state index >= 15 is 0 Å². The van der Waals surface area contributed by atoms with E-state index in [1.807, 2.05) is 0 Å². The first-order valence-corrected chi connectivity index (χ1v) is 30.4.